The number of carbonyl (C=O) groups is 2. The van der Waals surface area contributed by atoms with E-state index in [9.17, 15) is 14.7 Å². The number of nitrogens with one attached hydrogen (secondary N) is 1. The summed E-state index contributed by atoms with van der Waals surface area (Å²) in [5, 5.41) is 13.8. The minimum absolute atomic E-state index is 0.118. The van der Waals surface area contributed by atoms with Gasteiger partial charge in [-0.15, -0.1) is 11.3 Å². The maximum Gasteiger partial charge on any atom is 0.265 e. The first-order valence-electron chi connectivity index (χ1n) is 9.38. The summed E-state index contributed by atoms with van der Waals surface area (Å²) in [6.07, 6.45) is 1.07. The average Bonchev–Trinajstić information content (AvgIpc) is 3.11. The number of benzene rings is 2. The van der Waals surface area contributed by atoms with Crippen LogP contribution in [0.5, 0.6) is 0 Å². The first kappa shape index (κ1) is 18.7. The monoisotopic (exact) mass is 394 g/mol. The summed E-state index contributed by atoms with van der Waals surface area (Å²) in [5.41, 5.74) is 2.26. The van der Waals surface area contributed by atoms with Crippen LogP contribution in [0.3, 0.4) is 0 Å². The molecule has 0 saturated carbocycles. The number of likely N-dealkylation sites (tertiary alicyclic amines) is 1. The highest BCUT2D eigenvalue weighted by molar-refractivity contribution is 7.20. The maximum atomic E-state index is 12.7. The van der Waals surface area contributed by atoms with Crippen LogP contribution in [0.4, 0.5) is 5.69 Å². The van der Waals surface area contributed by atoms with Crippen LogP contribution in [0.15, 0.2) is 48.5 Å². The molecule has 2 aromatic carbocycles. The molecule has 1 saturated heterocycles. The van der Waals surface area contributed by atoms with Crippen molar-refractivity contribution in [3.8, 4) is 0 Å². The van der Waals surface area contributed by atoms with E-state index in [1.165, 1.54) is 11.3 Å². The van der Waals surface area contributed by atoms with Crippen molar-refractivity contribution >= 4 is 38.9 Å². The molecule has 3 aromatic rings. The van der Waals surface area contributed by atoms with Gasteiger partial charge in [0.25, 0.3) is 11.8 Å². The lowest BCUT2D eigenvalue weighted by molar-refractivity contribution is 0.0474. The lowest BCUT2D eigenvalue weighted by atomic mass is 10.1. The van der Waals surface area contributed by atoms with Crippen molar-refractivity contribution in [2.24, 2.45) is 0 Å². The fourth-order valence-electron chi connectivity index (χ4n) is 3.52. The fraction of sp³-hybridized carbons (Fsp3) is 0.273. The van der Waals surface area contributed by atoms with E-state index in [1.807, 2.05) is 25.1 Å². The fourth-order valence-corrected chi connectivity index (χ4v) is 4.46. The van der Waals surface area contributed by atoms with E-state index in [1.54, 1.807) is 29.2 Å². The van der Waals surface area contributed by atoms with E-state index >= 15 is 0 Å². The van der Waals surface area contributed by atoms with Gasteiger partial charge in [0.15, 0.2) is 0 Å². The molecule has 28 heavy (non-hydrogen) atoms. The Morgan fingerprint density at radius 3 is 2.86 bits per heavy atom. The average molecular weight is 394 g/mol. The molecule has 6 heteroatoms. The number of anilines is 1. The van der Waals surface area contributed by atoms with Crippen LogP contribution in [-0.2, 0) is 0 Å². The van der Waals surface area contributed by atoms with Crippen LogP contribution in [-0.4, -0.2) is 41.0 Å². The number of thiophene rings is 1. The SMILES string of the molecule is Cc1ccc2sc(C(=O)Nc3cccc(C(=O)N4CCCC(O)C4)c3)cc2c1. The van der Waals surface area contributed by atoms with Gasteiger partial charge in [-0.25, -0.2) is 0 Å². The van der Waals surface area contributed by atoms with Crippen molar-refractivity contribution < 1.29 is 14.7 Å². The van der Waals surface area contributed by atoms with E-state index < -0.39 is 6.10 Å². The number of β-amino-alcohol motifs (C(OH)–C–C–N with tert-alkyl or cyclic N) is 1. The normalized spacial score (nSPS) is 16.9. The highest BCUT2D eigenvalue weighted by Crippen LogP contribution is 2.27. The standard InChI is InChI=1S/C22H22N2O3S/c1-14-7-8-19-16(10-14)12-20(28-19)21(26)23-17-5-2-4-15(11-17)22(27)24-9-3-6-18(25)13-24/h2,4-5,7-8,10-12,18,25H,3,6,9,13H2,1H3,(H,23,26). The predicted octanol–water partition coefficient (Wildman–Crippen LogP) is 4.06. The van der Waals surface area contributed by atoms with Crippen LogP contribution in [0, 0.1) is 6.92 Å². The predicted molar refractivity (Wildman–Crippen MR) is 112 cm³/mol. The molecule has 5 nitrogen and oxygen atoms in total. The molecule has 1 atom stereocenters. The van der Waals surface area contributed by atoms with E-state index in [0.717, 1.165) is 28.5 Å². The van der Waals surface area contributed by atoms with Gasteiger partial charge >= 0.3 is 0 Å². The van der Waals surface area contributed by atoms with Crippen molar-refractivity contribution in [1.29, 1.82) is 0 Å². The van der Waals surface area contributed by atoms with Crippen molar-refractivity contribution in [3.63, 3.8) is 0 Å². The second kappa shape index (κ2) is 7.73. The Labute approximate surface area is 167 Å². The molecule has 0 aliphatic carbocycles. The van der Waals surface area contributed by atoms with Gasteiger partial charge < -0.3 is 15.3 Å². The number of hydrogen-bond acceptors (Lipinski definition) is 4. The Morgan fingerprint density at radius 1 is 1.18 bits per heavy atom. The zero-order chi connectivity index (χ0) is 19.7. The summed E-state index contributed by atoms with van der Waals surface area (Å²) in [7, 11) is 0. The molecule has 2 N–H and O–H groups in total. The van der Waals surface area contributed by atoms with Gasteiger partial charge in [0.2, 0.25) is 0 Å². The van der Waals surface area contributed by atoms with Crippen LogP contribution < -0.4 is 5.32 Å². The summed E-state index contributed by atoms with van der Waals surface area (Å²) in [6, 6.07) is 15.0. The quantitative estimate of drug-likeness (QED) is 0.704. The second-order valence-corrected chi connectivity index (χ2v) is 8.32. The molecular weight excluding hydrogens is 372 g/mol. The van der Waals surface area contributed by atoms with Gasteiger partial charge in [0.1, 0.15) is 0 Å². The lowest BCUT2D eigenvalue weighted by Crippen LogP contribution is -2.42. The Morgan fingerprint density at radius 2 is 2.04 bits per heavy atom. The van der Waals surface area contributed by atoms with Crippen LogP contribution >= 0.6 is 11.3 Å². The molecule has 2 amide bonds. The van der Waals surface area contributed by atoms with Gasteiger partial charge in [-0.2, -0.15) is 0 Å². The highest BCUT2D eigenvalue weighted by Gasteiger charge is 2.23. The highest BCUT2D eigenvalue weighted by atomic mass is 32.1. The Balaban J connectivity index is 1.50. The molecule has 4 rings (SSSR count). The summed E-state index contributed by atoms with van der Waals surface area (Å²) in [4.78, 5) is 27.7. The van der Waals surface area contributed by atoms with Gasteiger partial charge in [0, 0.05) is 29.0 Å². The van der Waals surface area contributed by atoms with Crippen molar-refractivity contribution in [2.75, 3.05) is 18.4 Å². The van der Waals surface area contributed by atoms with Crippen molar-refractivity contribution in [1.82, 2.24) is 4.90 Å². The first-order valence-corrected chi connectivity index (χ1v) is 10.2. The summed E-state index contributed by atoms with van der Waals surface area (Å²) in [5.74, 6) is -0.302. The molecule has 0 radical (unpaired) electrons. The summed E-state index contributed by atoms with van der Waals surface area (Å²) in [6.45, 7) is 3.03. The number of rotatable bonds is 3. The number of aliphatic hydroxyl groups excluding tert-OH is 1. The number of aliphatic hydroxyl groups is 1. The van der Waals surface area contributed by atoms with Gasteiger partial charge in [-0.3, -0.25) is 9.59 Å². The van der Waals surface area contributed by atoms with Gasteiger partial charge in [-0.05, 0) is 55.5 Å². The zero-order valence-corrected chi connectivity index (χ0v) is 16.5. The molecular formula is C22H22N2O3S. The number of aryl methyl sites for hydroxylation is 1. The largest absolute Gasteiger partial charge is 0.391 e. The topological polar surface area (TPSA) is 69.6 Å². The molecule has 1 unspecified atom stereocenters. The van der Waals surface area contributed by atoms with Crippen LogP contribution in [0.1, 0.15) is 38.4 Å². The van der Waals surface area contributed by atoms with E-state index in [4.69, 9.17) is 0 Å². The number of amides is 2. The Kier molecular flexibility index (Phi) is 5.15. The second-order valence-electron chi connectivity index (χ2n) is 7.23. The van der Waals surface area contributed by atoms with Crippen LogP contribution in [0.25, 0.3) is 10.1 Å². The van der Waals surface area contributed by atoms with Crippen LogP contribution in [0.2, 0.25) is 0 Å². The molecule has 144 valence electrons. The maximum absolute atomic E-state index is 12.7. The van der Waals surface area contributed by atoms with Gasteiger partial charge in [0.05, 0.1) is 11.0 Å². The molecule has 2 heterocycles. The number of fused-ring (bicyclic) bond motifs is 1. The number of nitrogens with zero attached hydrogens (tertiary/aromatic N) is 1. The van der Waals surface area contributed by atoms with E-state index in [-0.39, 0.29) is 11.8 Å². The number of carbonyl (C=O) groups excluding carboxylic acids is 2. The summed E-state index contributed by atoms with van der Waals surface area (Å²) >= 11 is 1.45. The number of piperidine rings is 1. The minimum atomic E-state index is -0.461. The smallest absolute Gasteiger partial charge is 0.265 e. The Bertz CT molecular complexity index is 1040. The lowest BCUT2D eigenvalue weighted by Gasteiger charge is -2.30. The van der Waals surface area contributed by atoms with E-state index in [0.29, 0.717) is 29.2 Å². The van der Waals surface area contributed by atoms with Crippen molar-refractivity contribution in [2.45, 2.75) is 25.9 Å². The van der Waals surface area contributed by atoms with Gasteiger partial charge in [-0.1, -0.05) is 23.8 Å². The summed E-state index contributed by atoms with van der Waals surface area (Å²) < 4.78 is 1.07. The third-order valence-electron chi connectivity index (χ3n) is 4.95. The third kappa shape index (κ3) is 3.93. The Hall–Kier alpha value is -2.70. The van der Waals surface area contributed by atoms with Crippen molar-refractivity contribution in [3.05, 3.63) is 64.5 Å². The first-order chi connectivity index (χ1) is 13.5. The molecule has 1 aromatic heterocycles. The van der Waals surface area contributed by atoms with E-state index in [2.05, 4.69) is 11.4 Å². The molecule has 0 bridgehead atoms. The molecule has 0 spiro atoms. The molecule has 1 aliphatic heterocycles. The molecule has 1 fully saturated rings. The zero-order valence-electron chi connectivity index (χ0n) is 15.6. The minimum Gasteiger partial charge on any atom is -0.391 e. The third-order valence-corrected chi connectivity index (χ3v) is 6.06. The molecule has 1 aliphatic rings. The number of hydrogen-bond donors (Lipinski definition) is 2.